The summed E-state index contributed by atoms with van der Waals surface area (Å²) in [6.45, 7) is 5.27. The molecule has 1 spiro atoms. The first-order valence-corrected chi connectivity index (χ1v) is 17.7. The van der Waals surface area contributed by atoms with Crippen molar-refractivity contribution in [2.75, 3.05) is 0 Å². The zero-order valence-electron chi connectivity index (χ0n) is 11.7. The van der Waals surface area contributed by atoms with Crippen LogP contribution < -0.4 is 0 Å². The van der Waals surface area contributed by atoms with E-state index in [9.17, 15) is 0 Å². The molecule has 2 heteroatoms. The van der Waals surface area contributed by atoms with Gasteiger partial charge in [-0.05, 0) is 0 Å². The second-order valence-electron chi connectivity index (χ2n) is 12.2. The fraction of sp³-hybridized carbons (Fsp3) is 1.00. The van der Waals surface area contributed by atoms with Gasteiger partial charge in [0, 0.05) is 0 Å². The Labute approximate surface area is 101 Å². The van der Waals surface area contributed by atoms with E-state index in [1.165, 1.54) is 14.7 Å². The average Bonchev–Trinajstić information content (AvgIpc) is 3.28. The molecule has 0 aromatic rings. The van der Waals surface area contributed by atoms with E-state index in [0.717, 1.165) is 0 Å². The minimum absolute atomic E-state index is 0.375. The van der Waals surface area contributed by atoms with Gasteiger partial charge < -0.3 is 0 Å². The van der Waals surface area contributed by atoms with Crippen LogP contribution in [-0.4, -0.2) is 8.80 Å². The third-order valence-electron chi connectivity index (χ3n) is 17.0. The molecule has 0 aliphatic carbocycles. The second-order valence-corrected chi connectivity index (χ2v) is 39.4. The normalized spacial score (nSPS) is 118. The predicted octanol–water partition coefficient (Wildman–Crippen LogP) is 5.33. The Morgan fingerprint density at radius 3 is 1.89 bits per heavy atom. The van der Waals surface area contributed by atoms with Gasteiger partial charge in [-0.3, -0.25) is 0 Å². The number of hydrogen-bond donors (Lipinski definition) is 0. The molecule has 0 N–H and O–H groups in total. The number of fused-ring (bicyclic) bond motifs is 10. The van der Waals surface area contributed by atoms with Crippen LogP contribution in [0.25, 0.3) is 0 Å². The summed E-state index contributed by atoms with van der Waals surface area (Å²) in [7, 11) is -0.375. The van der Waals surface area contributed by atoms with Gasteiger partial charge in [0.05, 0.1) is 0 Å². The van der Waals surface area contributed by atoms with Crippen LogP contribution in [0.5, 0.6) is 0 Å². The molecular weight excluding hydrogens is 276 g/mol. The zero-order chi connectivity index (χ0) is 11.6. The fourth-order valence-corrected chi connectivity index (χ4v) is 121. The number of rotatable bonds is 4. The van der Waals surface area contributed by atoms with Gasteiger partial charge in [0.15, 0.2) is 0 Å². The molecule has 5 atom stereocenters. The standard InChI is InChI=1S/C11H19Si.C5H5.Fe/c1-4-5-7-10-8-6-9-11(10)12(2)3;1-2-4-5-3-1;/h6,8-9,12H,4-5,7H2,1-3H3;1-5H;. The van der Waals surface area contributed by atoms with Crippen LogP contribution in [-0.2, 0) is 6.51 Å². The molecule has 0 bridgehead atoms. The third kappa shape index (κ3) is 0.0727. The number of hydrogen-bond acceptors (Lipinski definition) is 0. The van der Waals surface area contributed by atoms with Gasteiger partial charge in [-0.2, -0.15) is 0 Å². The maximum atomic E-state index is 2.81. The van der Waals surface area contributed by atoms with Crippen molar-refractivity contribution in [3.8, 4) is 0 Å². The average molecular weight is 300 g/mol. The third-order valence-corrected chi connectivity index (χ3v) is 69.8. The maximum absolute atomic E-state index is 2.81. The Bertz CT molecular complexity index is 965. The first-order chi connectivity index (χ1) is 8.44. The van der Waals surface area contributed by atoms with Crippen molar-refractivity contribution in [2.45, 2.75) is 86.1 Å². The van der Waals surface area contributed by atoms with Crippen LogP contribution in [0.1, 0.15) is 26.2 Å². The van der Waals surface area contributed by atoms with Gasteiger partial charge in [-0.25, -0.2) is 0 Å². The summed E-state index contributed by atoms with van der Waals surface area (Å²) in [5.74, 6) is 0. The quantitative estimate of drug-likeness (QED) is 0.615. The molecule has 5 unspecified atom stereocenters. The van der Waals surface area contributed by atoms with Crippen LogP contribution >= 0.6 is 0 Å². The van der Waals surface area contributed by atoms with E-state index in [0.29, 0.717) is 0 Å². The molecule has 0 nitrogen and oxygen atoms in total. The summed E-state index contributed by atoms with van der Waals surface area (Å²) in [5, 5.41) is 0. The van der Waals surface area contributed by atoms with Crippen molar-refractivity contribution in [1.82, 2.24) is 0 Å². The Hall–Kier alpha value is 0.736. The predicted molar refractivity (Wildman–Crippen MR) is 73.8 cm³/mol. The van der Waals surface area contributed by atoms with Gasteiger partial charge in [0.25, 0.3) is 0 Å². The first kappa shape index (κ1) is 7.66. The second kappa shape index (κ2) is 0.645. The molecule has 10 heterocycles. The van der Waals surface area contributed by atoms with Crippen molar-refractivity contribution < 1.29 is 6.51 Å². The summed E-state index contributed by atoms with van der Waals surface area (Å²) in [5.41, 5.74) is 0. The minimum atomic E-state index is -2.81. The van der Waals surface area contributed by atoms with Crippen LogP contribution in [0.4, 0.5) is 0 Å². The molecular formula is C16H24FeSi. The Morgan fingerprint density at radius 2 is 1.56 bits per heavy atom. The van der Waals surface area contributed by atoms with Crippen molar-refractivity contribution in [3.63, 3.8) is 0 Å². The fourth-order valence-electron chi connectivity index (χ4n) is 20.1. The molecule has 10 saturated heterocycles. The molecule has 0 amide bonds. The van der Waals surface area contributed by atoms with Crippen LogP contribution in [0, 0.1) is 0 Å². The van der Waals surface area contributed by atoms with Gasteiger partial charge >= 0.3 is 101 Å². The van der Waals surface area contributed by atoms with Gasteiger partial charge in [-0.1, -0.05) is 0 Å². The van der Waals surface area contributed by atoms with E-state index >= 15 is 0 Å². The topological polar surface area (TPSA) is 0 Å². The molecule has 0 radical (unpaired) electrons. The van der Waals surface area contributed by atoms with Crippen LogP contribution in [0.2, 0.25) is 59.9 Å². The van der Waals surface area contributed by atoms with Crippen molar-refractivity contribution in [1.29, 1.82) is 0 Å². The molecule has 0 aromatic carbocycles. The molecule has 0 aromatic heterocycles. The van der Waals surface area contributed by atoms with E-state index in [1.807, 2.05) is 0 Å². The Kier molecular flexibility index (Phi) is 0.275. The summed E-state index contributed by atoms with van der Waals surface area (Å²) in [4.78, 5) is 12.5. The van der Waals surface area contributed by atoms with E-state index in [1.54, 1.807) is 51.4 Å². The van der Waals surface area contributed by atoms with Crippen molar-refractivity contribution >= 4 is 8.80 Å². The van der Waals surface area contributed by atoms with E-state index in [2.05, 4.69) is 20.0 Å². The number of unbranched alkanes of at least 4 members (excludes halogenated alkanes) is 1. The molecule has 10 rings (SSSR count). The van der Waals surface area contributed by atoms with Crippen LogP contribution in [0.15, 0.2) is 0 Å². The SMILES string of the molecule is CCCC[C]12[CH]3[CH]4[CH]5[C]1([SiH](C)C)[Fe]43521678[CH]2[CH]1[CH]6[CH]7[CH]28. The summed E-state index contributed by atoms with van der Waals surface area (Å²) >= 11 is 0. The first-order valence-electron chi connectivity index (χ1n) is 8.65. The van der Waals surface area contributed by atoms with Gasteiger partial charge in [-0.15, -0.1) is 0 Å². The van der Waals surface area contributed by atoms with Gasteiger partial charge in [0.1, 0.15) is 0 Å². The monoisotopic (exact) mass is 300 g/mol. The molecule has 10 aliphatic heterocycles. The van der Waals surface area contributed by atoms with E-state index < -0.39 is 6.51 Å². The summed E-state index contributed by atoms with van der Waals surface area (Å²) < 4.78 is 2.50. The van der Waals surface area contributed by atoms with Crippen LogP contribution in [0.3, 0.4) is 0 Å². The Balaban J connectivity index is 1.56. The van der Waals surface area contributed by atoms with E-state index in [-0.39, 0.29) is 8.80 Å². The molecule has 10 fully saturated rings. The zero-order valence-corrected chi connectivity index (χ0v) is 13.9. The Morgan fingerprint density at radius 1 is 0.944 bits per heavy atom. The molecule has 18 heavy (non-hydrogen) atoms. The summed E-state index contributed by atoms with van der Waals surface area (Å²) in [6.07, 6.45) is 4.90. The van der Waals surface area contributed by atoms with Gasteiger partial charge in [0.2, 0.25) is 0 Å². The molecule has 0 saturated carbocycles. The molecule has 10 aliphatic rings. The summed E-state index contributed by atoms with van der Waals surface area (Å²) in [6, 6.07) is 0. The molecule has 100 valence electrons. The van der Waals surface area contributed by atoms with E-state index in [4.69, 9.17) is 0 Å². The van der Waals surface area contributed by atoms with Crippen molar-refractivity contribution in [2.24, 2.45) is 0 Å². The van der Waals surface area contributed by atoms with Crippen molar-refractivity contribution in [3.05, 3.63) is 0 Å².